The number of fused-ring (bicyclic) bond motifs is 1. The number of likely N-dealkylation sites (tertiary alicyclic amines) is 1. The largest absolute Gasteiger partial charge is 0.370 e. The Balaban J connectivity index is 1.19. The van der Waals surface area contributed by atoms with Crippen LogP contribution in [0.1, 0.15) is 41.6 Å². The molecule has 3 heterocycles. The summed E-state index contributed by atoms with van der Waals surface area (Å²) in [5.41, 5.74) is 1.87. The molecule has 1 atom stereocenters. The highest BCUT2D eigenvalue weighted by Gasteiger charge is 2.53. The quantitative estimate of drug-likeness (QED) is 0.824. The molecule has 3 aliphatic heterocycles. The molecule has 2 N–H and O–H groups in total. The van der Waals surface area contributed by atoms with Gasteiger partial charge >= 0.3 is 0 Å². The number of benzene rings is 2. The van der Waals surface area contributed by atoms with Crippen LogP contribution in [0.4, 0.5) is 5.69 Å². The van der Waals surface area contributed by atoms with Crippen molar-refractivity contribution in [3.8, 4) is 0 Å². The maximum Gasteiger partial charge on any atom is 0.255 e. The Morgan fingerprint density at radius 3 is 2.53 bits per heavy atom. The van der Waals surface area contributed by atoms with Gasteiger partial charge < -0.3 is 20.3 Å². The zero-order valence-corrected chi connectivity index (χ0v) is 17.0. The number of piperidine rings is 1. The number of carbonyl (C=O) groups excluding carboxylic acids is 2. The Kier molecular flexibility index (Phi) is 4.74. The van der Waals surface area contributed by atoms with Crippen molar-refractivity contribution >= 4 is 17.5 Å². The molecule has 0 aliphatic carbocycles. The lowest BCUT2D eigenvalue weighted by Gasteiger charge is -2.41. The second-order valence-corrected chi connectivity index (χ2v) is 8.72. The number of anilines is 1. The molecule has 2 aromatic rings. The molecule has 2 spiro atoms. The summed E-state index contributed by atoms with van der Waals surface area (Å²) in [6, 6.07) is 17.7. The van der Waals surface area contributed by atoms with Crippen molar-refractivity contribution in [2.24, 2.45) is 0 Å². The third-order valence-corrected chi connectivity index (χ3v) is 6.64. The molecule has 1 unspecified atom stereocenters. The average Bonchev–Trinajstić information content (AvgIpc) is 3.10. The van der Waals surface area contributed by atoms with Gasteiger partial charge in [-0.25, -0.2) is 0 Å². The number of carbonyl (C=O) groups is 2. The van der Waals surface area contributed by atoms with Crippen LogP contribution in [0.15, 0.2) is 54.6 Å². The number of ether oxygens (including phenoxy) is 1. The SMILES string of the molecule is O=C1NC2(COC3(CCN(C(=O)CCc4ccccc4)CC3)C2)Nc2ccccc21. The zero-order valence-electron chi connectivity index (χ0n) is 17.0. The topological polar surface area (TPSA) is 70.7 Å². The lowest BCUT2D eigenvalue weighted by molar-refractivity contribution is -0.135. The molecule has 6 heteroatoms. The minimum atomic E-state index is -0.565. The van der Waals surface area contributed by atoms with Crippen LogP contribution in [0, 0.1) is 0 Å². The molecule has 0 aromatic heterocycles. The highest BCUT2D eigenvalue weighted by molar-refractivity contribution is 6.02. The Hall–Kier alpha value is -2.86. The van der Waals surface area contributed by atoms with Gasteiger partial charge in [-0.05, 0) is 37.0 Å². The van der Waals surface area contributed by atoms with Gasteiger partial charge in [-0.3, -0.25) is 9.59 Å². The van der Waals surface area contributed by atoms with Gasteiger partial charge in [0.15, 0.2) is 0 Å². The summed E-state index contributed by atoms with van der Waals surface area (Å²) in [5, 5.41) is 6.65. The molecule has 156 valence electrons. The molecule has 0 radical (unpaired) electrons. The van der Waals surface area contributed by atoms with E-state index in [1.165, 1.54) is 5.56 Å². The molecule has 2 saturated heterocycles. The number of nitrogens with zero attached hydrogens (tertiary/aromatic N) is 1. The second-order valence-electron chi connectivity index (χ2n) is 8.72. The van der Waals surface area contributed by atoms with Gasteiger partial charge in [0, 0.05) is 31.6 Å². The minimum Gasteiger partial charge on any atom is -0.370 e. The number of rotatable bonds is 3. The highest BCUT2D eigenvalue weighted by atomic mass is 16.5. The van der Waals surface area contributed by atoms with Gasteiger partial charge in [0.25, 0.3) is 5.91 Å². The number of para-hydroxylation sites is 1. The van der Waals surface area contributed by atoms with E-state index in [1.54, 1.807) is 0 Å². The van der Waals surface area contributed by atoms with Crippen LogP contribution in [0.2, 0.25) is 0 Å². The van der Waals surface area contributed by atoms with E-state index >= 15 is 0 Å². The first-order chi connectivity index (χ1) is 14.6. The number of hydrogen-bond donors (Lipinski definition) is 2. The first kappa shape index (κ1) is 19.1. The molecular formula is C24H27N3O3. The standard InChI is InChI=1S/C24H27N3O3/c28-21(11-10-18-6-2-1-3-7-18)27-14-12-23(13-15-27)16-24(17-30-23)25-20-9-5-4-8-19(20)22(29)26-24/h1-9,25H,10-17H2,(H,26,29). The second kappa shape index (κ2) is 7.43. The summed E-state index contributed by atoms with van der Waals surface area (Å²) in [4.78, 5) is 27.2. The molecule has 2 amide bonds. The maximum atomic E-state index is 12.7. The monoisotopic (exact) mass is 405 g/mol. The van der Waals surface area contributed by atoms with E-state index in [-0.39, 0.29) is 17.4 Å². The first-order valence-electron chi connectivity index (χ1n) is 10.7. The van der Waals surface area contributed by atoms with E-state index in [4.69, 9.17) is 4.74 Å². The molecule has 5 rings (SSSR count). The van der Waals surface area contributed by atoms with Crippen LogP contribution in [-0.4, -0.2) is 47.7 Å². The van der Waals surface area contributed by atoms with Crippen LogP contribution in [0.3, 0.4) is 0 Å². The van der Waals surface area contributed by atoms with Crippen molar-refractivity contribution in [1.82, 2.24) is 10.2 Å². The molecular weight excluding hydrogens is 378 g/mol. The number of aryl methyl sites for hydroxylation is 1. The van der Waals surface area contributed by atoms with Gasteiger partial charge in [-0.2, -0.15) is 0 Å². The van der Waals surface area contributed by atoms with E-state index in [2.05, 4.69) is 22.8 Å². The predicted octanol–water partition coefficient (Wildman–Crippen LogP) is 2.95. The molecule has 0 bridgehead atoms. The molecule has 30 heavy (non-hydrogen) atoms. The predicted molar refractivity (Wildman–Crippen MR) is 114 cm³/mol. The number of nitrogens with one attached hydrogen (secondary N) is 2. The Morgan fingerprint density at radius 1 is 1.00 bits per heavy atom. The van der Waals surface area contributed by atoms with E-state index in [1.807, 2.05) is 47.4 Å². The Labute approximate surface area is 176 Å². The van der Waals surface area contributed by atoms with Crippen molar-refractivity contribution in [3.05, 3.63) is 65.7 Å². The summed E-state index contributed by atoms with van der Waals surface area (Å²) in [7, 11) is 0. The third kappa shape index (κ3) is 3.56. The number of amides is 2. The van der Waals surface area contributed by atoms with Crippen LogP contribution < -0.4 is 10.6 Å². The molecule has 0 saturated carbocycles. The molecule has 6 nitrogen and oxygen atoms in total. The first-order valence-corrected chi connectivity index (χ1v) is 10.7. The lowest BCUT2D eigenvalue weighted by atomic mass is 9.84. The summed E-state index contributed by atoms with van der Waals surface area (Å²) in [5.74, 6) is 0.151. The summed E-state index contributed by atoms with van der Waals surface area (Å²) >= 11 is 0. The summed E-state index contributed by atoms with van der Waals surface area (Å²) in [6.45, 7) is 1.84. The van der Waals surface area contributed by atoms with Crippen molar-refractivity contribution in [2.45, 2.75) is 43.4 Å². The fourth-order valence-corrected chi connectivity index (χ4v) is 4.99. The van der Waals surface area contributed by atoms with Crippen molar-refractivity contribution in [3.63, 3.8) is 0 Å². The average molecular weight is 405 g/mol. The van der Waals surface area contributed by atoms with Gasteiger partial charge in [0.1, 0.15) is 5.66 Å². The van der Waals surface area contributed by atoms with Crippen molar-refractivity contribution in [2.75, 3.05) is 25.0 Å². The molecule has 2 fully saturated rings. The summed E-state index contributed by atoms with van der Waals surface area (Å²) < 4.78 is 6.28. The minimum absolute atomic E-state index is 0.0569. The van der Waals surface area contributed by atoms with Crippen LogP contribution >= 0.6 is 0 Å². The van der Waals surface area contributed by atoms with Crippen LogP contribution in [0.5, 0.6) is 0 Å². The Morgan fingerprint density at radius 2 is 1.73 bits per heavy atom. The van der Waals surface area contributed by atoms with E-state index in [9.17, 15) is 9.59 Å². The van der Waals surface area contributed by atoms with Gasteiger partial charge in [0.05, 0.1) is 17.8 Å². The Bertz CT molecular complexity index is 953. The van der Waals surface area contributed by atoms with Gasteiger partial charge in [0.2, 0.25) is 5.91 Å². The third-order valence-electron chi connectivity index (χ3n) is 6.64. The fourth-order valence-electron chi connectivity index (χ4n) is 4.99. The van der Waals surface area contributed by atoms with E-state index in [0.717, 1.165) is 24.9 Å². The van der Waals surface area contributed by atoms with E-state index < -0.39 is 5.66 Å². The smallest absolute Gasteiger partial charge is 0.255 e. The molecule has 3 aliphatic rings. The highest BCUT2D eigenvalue weighted by Crippen LogP contribution is 2.42. The van der Waals surface area contributed by atoms with Gasteiger partial charge in [-0.15, -0.1) is 0 Å². The van der Waals surface area contributed by atoms with Gasteiger partial charge in [-0.1, -0.05) is 42.5 Å². The van der Waals surface area contributed by atoms with Crippen LogP contribution in [0.25, 0.3) is 0 Å². The normalized spacial score (nSPS) is 24.4. The van der Waals surface area contributed by atoms with Crippen LogP contribution in [-0.2, 0) is 16.0 Å². The number of hydrogen-bond acceptors (Lipinski definition) is 4. The van der Waals surface area contributed by atoms with E-state index in [0.29, 0.717) is 38.1 Å². The summed E-state index contributed by atoms with van der Waals surface area (Å²) in [6.07, 6.45) is 3.62. The zero-order chi connectivity index (χ0) is 20.6. The molecule has 2 aromatic carbocycles. The lowest BCUT2D eigenvalue weighted by Crippen LogP contribution is -2.59. The fraction of sp³-hybridized carbons (Fsp3) is 0.417. The van der Waals surface area contributed by atoms with Crippen molar-refractivity contribution in [1.29, 1.82) is 0 Å². The van der Waals surface area contributed by atoms with Crippen molar-refractivity contribution < 1.29 is 14.3 Å². The maximum absolute atomic E-state index is 12.7.